The van der Waals surface area contributed by atoms with Crippen LogP contribution in [0.2, 0.25) is 0 Å². The van der Waals surface area contributed by atoms with Gasteiger partial charge in [-0.2, -0.15) is 9.61 Å². The molecule has 0 spiro atoms. The van der Waals surface area contributed by atoms with E-state index in [-0.39, 0.29) is 0 Å². The minimum absolute atomic E-state index is 0.331. The number of hydrogen-bond acceptors (Lipinski definition) is 6. The lowest BCUT2D eigenvalue weighted by atomic mass is 9.92. The maximum absolute atomic E-state index is 6.44. The van der Waals surface area contributed by atoms with Crippen molar-refractivity contribution >= 4 is 17.0 Å². The lowest BCUT2D eigenvalue weighted by molar-refractivity contribution is 0.374. The van der Waals surface area contributed by atoms with Crippen LogP contribution in [0.1, 0.15) is 42.5 Å². The maximum atomic E-state index is 6.44. The fourth-order valence-corrected chi connectivity index (χ4v) is 3.59. The monoisotopic (exact) mass is 337 g/mol. The highest BCUT2D eigenvalue weighted by atomic mass is 15.5. The number of hydrogen-bond donors (Lipinski definition) is 3. The van der Waals surface area contributed by atoms with Crippen LogP contribution in [0.25, 0.3) is 11.2 Å². The summed E-state index contributed by atoms with van der Waals surface area (Å²) in [5, 5.41) is 9.89. The molecule has 2 aliphatic heterocycles. The van der Waals surface area contributed by atoms with Crippen LogP contribution in [0.15, 0.2) is 12.4 Å². The van der Waals surface area contributed by atoms with Crippen molar-refractivity contribution in [1.82, 2.24) is 30.3 Å². The summed E-state index contributed by atoms with van der Waals surface area (Å²) in [6, 6.07) is 0. The minimum Gasteiger partial charge on any atom is -0.382 e. The zero-order valence-electron chi connectivity index (χ0n) is 14.6. The second kappa shape index (κ2) is 6.39. The predicted molar refractivity (Wildman–Crippen MR) is 98.5 cm³/mol. The number of fused-ring (bicyclic) bond motifs is 1. The van der Waals surface area contributed by atoms with E-state index in [9.17, 15) is 0 Å². The Bertz CT molecular complexity index is 894. The number of nitrogens with zero attached hydrogens (tertiary/aromatic N) is 4. The van der Waals surface area contributed by atoms with Crippen molar-refractivity contribution in [3.63, 3.8) is 0 Å². The molecule has 0 amide bonds. The fourth-order valence-electron chi connectivity index (χ4n) is 3.59. The molecule has 0 radical (unpaired) electrons. The van der Waals surface area contributed by atoms with Gasteiger partial charge in [-0.25, -0.2) is 10.4 Å². The number of anilines is 1. The highest BCUT2D eigenvalue weighted by Crippen LogP contribution is 2.31. The lowest BCUT2D eigenvalue weighted by Gasteiger charge is -2.24. The van der Waals surface area contributed by atoms with Crippen LogP contribution in [-0.4, -0.2) is 46.3 Å². The number of piperidine rings is 1. The normalized spacial score (nSPS) is 20.5. The van der Waals surface area contributed by atoms with E-state index in [2.05, 4.69) is 33.9 Å². The molecule has 2 aromatic rings. The summed E-state index contributed by atoms with van der Waals surface area (Å²) in [6.45, 7) is 4.56. The molecule has 2 aromatic heterocycles. The van der Waals surface area contributed by atoms with Crippen LogP contribution >= 0.6 is 0 Å². The molecule has 0 aliphatic carbocycles. The standard InChI is InChI=1S/C18H23N7/c1-3-5-14-16(12-6-4-7-20-8-12)23-18-15(10-22-25(18)17(14)19)13-9-21-24(2)11-13/h10-12,20-21H,4,6-9,19H2,1-2H3. The minimum atomic E-state index is 0.331. The Balaban J connectivity index is 1.90. The highest BCUT2D eigenvalue weighted by Gasteiger charge is 2.25. The van der Waals surface area contributed by atoms with Crippen molar-refractivity contribution in [1.29, 1.82) is 0 Å². The first-order chi connectivity index (χ1) is 12.2. The summed E-state index contributed by atoms with van der Waals surface area (Å²) < 4.78 is 1.72. The van der Waals surface area contributed by atoms with Crippen LogP contribution < -0.4 is 16.5 Å². The van der Waals surface area contributed by atoms with Crippen molar-refractivity contribution in [3.05, 3.63) is 29.2 Å². The molecule has 7 heteroatoms. The molecule has 2 aliphatic rings. The molecular weight excluding hydrogens is 314 g/mol. The Morgan fingerprint density at radius 1 is 1.40 bits per heavy atom. The molecule has 0 bridgehead atoms. The third kappa shape index (κ3) is 2.73. The highest BCUT2D eigenvalue weighted by molar-refractivity contribution is 5.79. The van der Waals surface area contributed by atoms with Crippen molar-refractivity contribution in [2.75, 3.05) is 32.4 Å². The van der Waals surface area contributed by atoms with Gasteiger partial charge in [0.1, 0.15) is 5.82 Å². The van der Waals surface area contributed by atoms with Gasteiger partial charge in [0.25, 0.3) is 0 Å². The first-order valence-corrected chi connectivity index (χ1v) is 8.67. The molecule has 4 rings (SSSR count). The summed E-state index contributed by atoms with van der Waals surface area (Å²) in [6.07, 6.45) is 6.15. The molecule has 4 heterocycles. The van der Waals surface area contributed by atoms with E-state index >= 15 is 0 Å². The van der Waals surface area contributed by atoms with Crippen LogP contribution in [0, 0.1) is 11.8 Å². The number of nitrogen functional groups attached to an aromatic ring is 1. The van der Waals surface area contributed by atoms with E-state index < -0.39 is 0 Å². The number of nitrogens with two attached hydrogens (primary N) is 1. The van der Waals surface area contributed by atoms with Gasteiger partial charge in [-0.15, -0.1) is 5.92 Å². The molecule has 1 unspecified atom stereocenters. The summed E-state index contributed by atoms with van der Waals surface area (Å²) >= 11 is 0. The van der Waals surface area contributed by atoms with Crippen LogP contribution in [0.3, 0.4) is 0 Å². The Morgan fingerprint density at radius 2 is 2.28 bits per heavy atom. The van der Waals surface area contributed by atoms with Gasteiger partial charge in [0.05, 0.1) is 17.5 Å². The molecule has 1 fully saturated rings. The van der Waals surface area contributed by atoms with Gasteiger partial charge in [-0.05, 0) is 31.9 Å². The van der Waals surface area contributed by atoms with E-state index in [1.54, 1.807) is 4.52 Å². The van der Waals surface area contributed by atoms with Gasteiger partial charge in [-0.1, -0.05) is 5.92 Å². The first kappa shape index (κ1) is 15.9. The van der Waals surface area contributed by atoms with Gasteiger partial charge >= 0.3 is 0 Å². The third-order valence-electron chi connectivity index (χ3n) is 4.86. The Morgan fingerprint density at radius 3 is 2.96 bits per heavy atom. The number of aromatic nitrogens is 3. The smallest absolute Gasteiger partial charge is 0.165 e. The Hall–Kier alpha value is -2.56. The molecule has 25 heavy (non-hydrogen) atoms. The predicted octanol–water partition coefficient (Wildman–Crippen LogP) is 0.941. The average Bonchev–Trinajstić information content (AvgIpc) is 3.24. The summed E-state index contributed by atoms with van der Waals surface area (Å²) in [7, 11) is 1.98. The summed E-state index contributed by atoms with van der Waals surface area (Å²) in [4.78, 5) is 5.00. The molecule has 1 saturated heterocycles. The molecule has 7 nitrogen and oxygen atoms in total. The Kier molecular flexibility index (Phi) is 4.07. The SMILES string of the molecule is CC#Cc1c(C2CCCNC2)nc2c(C3=CN(C)NC3)cnn2c1N. The quantitative estimate of drug-likeness (QED) is 0.708. The average molecular weight is 337 g/mol. The molecule has 0 saturated carbocycles. The van der Waals surface area contributed by atoms with Crippen LogP contribution in [0.4, 0.5) is 5.82 Å². The fraction of sp³-hybridized carbons (Fsp3) is 0.444. The van der Waals surface area contributed by atoms with Crippen molar-refractivity contribution in [3.8, 4) is 11.8 Å². The zero-order chi connectivity index (χ0) is 17.4. The lowest BCUT2D eigenvalue weighted by Crippen LogP contribution is -2.29. The van der Waals surface area contributed by atoms with E-state index in [0.29, 0.717) is 11.7 Å². The second-order valence-corrected chi connectivity index (χ2v) is 6.57. The third-order valence-corrected chi connectivity index (χ3v) is 4.86. The van der Waals surface area contributed by atoms with Crippen molar-refractivity contribution in [2.24, 2.45) is 0 Å². The zero-order valence-corrected chi connectivity index (χ0v) is 14.6. The van der Waals surface area contributed by atoms with E-state index in [4.69, 9.17) is 10.7 Å². The van der Waals surface area contributed by atoms with E-state index in [0.717, 1.165) is 60.5 Å². The molecule has 0 aromatic carbocycles. The van der Waals surface area contributed by atoms with E-state index in [1.165, 1.54) is 0 Å². The van der Waals surface area contributed by atoms with Crippen molar-refractivity contribution in [2.45, 2.75) is 25.7 Å². The molecule has 4 N–H and O–H groups in total. The maximum Gasteiger partial charge on any atom is 0.165 e. The first-order valence-electron chi connectivity index (χ1n) is 8.67. The number of hydrazine groups is 1. The van der Waals surface area contributed by atoms with E-state index in [1.807, 2.05) is 25.2 Å². The topological polar surface area (TPSA) is 83.5 Å². The van der Waals surface area contributed by atoms with Gasteiger partial charge < -0.3 is 16.1 Å². The Labute approximate surface area is 147 Å². The largest absolute Gasteiger partial charge is 0.382 e. The number of rotatable bonds is 2. The molecule has 1 atom stereocenters. The number of nitrogens with one attached hydrogen (secondary N) is 2. The van der Waals surface area contributed by atoms with Gasteiger partial charge in [0.2, 0.25) is 0 Å². The van der Waals surface area contributed by atoms with Gasteiger partial charge in [0, 0.05) is 37.8 Å². The van der Waals surface area contributed by atoms with Crippen LogP contribution in [-0.2, 0) is 0 Å². The van der Waals surface area contributed by atoms with Gasteiger partial charge in [-0.3, -0.25) is 0 Å². The summed E-state index contributed by atoms with van der Waals surface area (Å²) in [5.41, 5.74) is 14.5. The summed E-state index contributed by atoms with van der Waals surface area (Å²) in [5.74, 6) is 7.04. The van der Waals surface area contributed by atoms with Crippen molar-refractivity contribution < 1.29 is 0 Å². The molecule has 130 valence electrons. The molecular formula is C18H23N7. The van der Waals surface area contributed by atoms with Crippen LogP contribution in [0.5, 0.6) is 0 Å². The van der Waals surface area contributed by atoms with Gasteiger partial charge in [0.15, 0.2) is 5.65 Å². The second-order valence-electron chi connectivity index (χ2n) is 6.57.